The van der Waals surface area contributed by atoms with E-state index in [4.69, 9.17) is 5.84 Å². The standard InChI is InChI=1S/C17H13F2N3O3S/c1-25-16(24)9-2-4-12-14(7-9)21-17(22(20)15(12)23)26-8-10-6-11(18)3-5-13(10)19/h2-7H,8,20H2,1H3. The summed E-state index contributed by atoms with van der Waals surface area (Å²) in [5, 5.41) is 0.328. The maximum absolute atomic E-state index is 13.7. The number of hydrogen-bond donors (Lipinski definition) is 1. The summed E-state index contributed by atoms with van der Waals surface area (Å²) in [5.41, 5.74) is 0.0805. The Hall–Kier alpha value is -2.94. The van der Waals surface area contributed by atoms with Crippen LogP contribution in [-0.2, 0) is 10.5 Å². The Bertz CT molecular complexity index is 1070. The molecule has 0 aliphatic rings. The summed E-state index contributed by atoms with van der Waals surface area (Å²) in [4.78, 5) is 28.3. The van der Waals surface area contributed by atoms with Gasteiger partial charge in [-0.1, -0.05) is 11.8 Å². The van der Waals surface area contributed by atoms with E-state index in [1.807, 2.05) is 0 Å². The molecule has 26 heavy (non-hydrogen) atoms. The minimum atomic E-state index is -0.571. The first-order valence-corrected chi connectivity index (χ1v) is 8.36. The Morgan fingerprint density at radius 3 is 2.77 bits per heavy atom. The van der Waals surface area contributed by atoms with Crippen LogP contribution in [0.5, 0.6) is 0 Å². The van der Waals surface area contributed by atoms with E-state index in [2.05, 4.69) is 9.72 Å². The molecule has 0 bridgehead atoms. The molecule has 0 aliphatic carbocycles. The maximum Gasteiger partial charge on any atom is 0.337 e. The van der Waals surface area contributed by atoms with Crippen LogP contribution >= 0.6 is 11.8 Å². The summed E-state index contributed by atoms with van der Waals surface area (Å²) in [7, 11) is 1.24. The molecule has 2 N–H and O–H groups in total. The highest BCUT2D eigenvalue weighted by Gasteiger charge is 2.14. The molecule has 0 atom stereocenters. The molecule has 0 spiro atoms. The number of benzene rings is 2. The number of nitrogens with zero attached hydrogens (tertiary/aromatic N) is 2. The third-order valence-corrected chi connectivity index (χ3v) is 4.66. The van der Waals surface area contributed by atoms with E-state index in [0.717, 1.165) is 34.6 Å². The minimum Gasteiger partial charge on any atom is -0.465 e. The third-order valence-electron chi connectivity index (χ3n) is 3.65. The van der Waals surface area contributed by atoms with Crippen molar-refractivity contribution in [3.8, 4) is 0 Å². The molecule has 0 radical (unpaired) electrons. The van der Waals surface area contributed by atoms with E-state index in [1.54, 1.807) is 0 Å². The van der Waals surface area contributed by atoms with Crippen molar-refractivity contribution in [1.82, 2.24) is 9.66 Å². The number of halogens is 2. The van der Waals surface area contributed by atoms with Crippen molar-refractivity contribution in [2.75, 3.05) is 13.0 Å². The van der Waals surface area contributed by atoms with Gasteiger partial charge >= 0.3 is 5.97 Å². The monoisotopic (exact) mass is 377 g/mol. The van der Waals surface area contributed by atoms with Crippen LogP contribution in [-0.4, -0.2) is 22.7 Å². The van der Waals surface area contributed by atoms with E-state index >= 15 is 0 Å². The first kappa shape index (κ1) is 17.9. The van der Waals surface area contributed by atoms with Crippen LogP contribution in [0.25, 0.3) is 10.9 Å². The van der Waals surface area contributed by atoms with Gasteiger partial charge in [-0.3, -0.25) is 4.79 Å². The van der Waals surface area contributed by atoms with Crippen LogP contribution in [0.1, 0.15) is 15.9 Å². The number of thioether (sulfide) groups is 1. The molecule has 0 amide bonds. The lowest BCUT2D eigenvalue weighted by molar-refractivity contribution is 0.0601. The fraction of sp³-hybridized carbons (Fsp3) is 0.118. The number of carbonyl (C=O) groups is 1. The van der Waals surface area contributed by atoms with Crippen molar-refractivity contribution < 1.29 is 18.3 Å². The number of fused-ring (bicyclic) bond motifs is 1. The van der Waals surface area contributed by atoms with Gasteiger partial charge in [-0.15, -0.1) is 0 Å². The molecule has 134 valence electrons. The van der Waals surface area contributed by atoms with Crippen LogP contribution in [0.4, 0.5) is 8.78 Å². The highest BCUT2D eigenvalue weighted by atomic mass is 32.2. The first-order chi connectivity index (χ1) is 12.4. The second kappa shape index (κ2) is 7.12. The minimum absolute atomic E-state index is 0.0232. The van der Waals surface area contributed by atoms with Crippen molar-refractivity contribution in [3.05, 3.63) is 69.5 Å². The zero-order chi connectivity index (χ0) is 18.8. The number of methoxy groups -OCH3 is 1. The SMILES string of the molecule is COC(=O)c1ccc2c(=O)n(N)c(SCc3cc(F)ccc3F)nc2c1. The zero-order valence-corrected chi connectivity index (χ0v) is 14.3. The van der Waals surface area contributed by atoms with E-state index in [1.165, 1.54) is 25.3 Å². The van der Waals surface area contributed by atoms with Gasteiger partial charge in [0.15, 0.2) is 5.16 Å². The highest BCUT2D eigenvalue weighted by molar-refractivity contribution is 7.98. The molecule has 0 aliphatic heterocycles. The number of carbonyl (C=O) groups excluding carboxylic acids is 1. The number of rotatable bonds is 4. The Morgan fingerprint density at radius 2 is 2.04 bits per heavy atom. The van der Waals surface area contributed by atoms with Crippen LogP contribution in [0, 0.1) is 11.6 Å². The second-order valence-electron chi connectivity index (χ2n) is 5.32. The molecular formula is C17H13F2N3O3S. The number of ether oxygens (including phenoxy) is 1. The van der Waals surface area contributed by atoms with Gasteiger partial charge in [0.05, 0.1) is 23.6 Å². The number of nitrogen functional groups attached to an aromatic ring is 1. The van der Waals surface area contributed by atoms with Crippen LogP contribution < -0.4 is 11.4 Å². The fourth-order valence-corrected chi connectivity index (χ4v) is 3.21. The molecule has 0 saturated carbocycles. The van der Waals surface area contributed by atoms with Gasteiger partial charge in [0.2, 0.25) is 0 Å². The van der Waals surface area contributed by atoms with Crippen molar-refractivity contribution >= 4 is 28.6 Å². The Kier molecular flexibility index (Phi) is 4.90. The van der Waals surface area contributed by atoms with Crippen LogP contribution in [0.3, 0.4) is 0 Å². The molecule has 3 rings (SSSR count). The van der Waals surface area contributed by atoms with Gasteiger partial charge < -0.3 is 10.6 Å². The lowest BCUT2D eigenvalue weighted by atomic mass is 10.1. The van der Waals surface area contributed by atoms with Crippen LogP contribution in [0.2, 0.25) is 0 Å². The lowest BCUT2D eigenvalue weighted by Gasteiger charge is -2.09. The molecule has 0 unspecified atom stereocenters. The molecule has 0 fully saturated rings. The quantitative estimate of drug-likeness (QED) is 0.325. The molecule has 2 aromatic carbocycles. The molecular weight excluding hydrogens is 364 g/mol. The molecule has 0 saturated heterocycles. The number of hydrogen-bond acceptors (Lipinski definition) is 6. The Balaban J connectivity index is 1.99. The molecule has 9 heteroatoms. The summed E-state index contributed by atoms with van der Waals surface area (Å²) in [6.45, 7) is 0. The van der Waals surface area contributed by atoms with Crippen LogP contribution in [0.15, 0.2) is 46.3 Å². The number of aromatic nitrogens is 2. The molecule has 1 aromatic heterocycles. The number of nitrogens with two attached hydrogens (primary N) is 1. The lowest BCUT2D eigenvalue weighted by Crippen LogP contribution is -2.29. The predicted molar refractivity (Wildman–Crippen MR) is 93.4 cm³/mol. The van der Waals surface area contributed by atoms with E-state index in [0.29, 0.717) is 0 Å². The molecule has 6 nitrogen and oxygen atoms in total. The Morgan fingerprint density at radius 1 is 1.27 bits per heavy atom. The average molecular weight is 377 g/mol. The van der Waals surface area contributed by atoms with Gasteiger partial charge in [-0.05, 0) is 36.4 Å². The van der Waals surface area contributed by atoms with E-state index in [-0.39, 0.29) is 32.9 Å². The summed E-state index contributed by atoms with van der Waals surface area (Å²) < 4.78 is 32.5. The predicted octanol–water partition coefficient (Wildman–Crippen LogP) is 2.47. The smallest absolute Gasteiger partial charge is 0.337 e. The van der Waals surface area contributed by atoms with Crippen molar-refractivity contribution in [2.45, 2.75) is 10.9 Å². The normalized spacial score (nSPS) is 10.9. The zero-order valence-electron chi connectivity index (χ0n) is 13.5. The highest BCUT2D eigenvalue weighted by Crippen LogP contribution is 2.23. The first-order valence-electron chi connectivity index (χ1n) is 7.37. The van der Waals surface area contributed by atoms with Gasteiger partial charge in [0.25, 0.3) is 5.56 Å². The topological polar surface area (TPSA) is 87.2 Å². The summed E-state index contributed by atoms with van der Waals surface area (Å²) in [6, 6.07) is 7.39. The van der Waals surface area contributed by atoms with Gasteiger partial charge in [-0.2, -0.15) is 0 Å². The van der Waals surface area contributed by atoms with Gasteiger partial charge in [-0.25, -0.2) is 23.2 Å². The Labute approximate surface area is 150 Å². The average Bonchev–Trinajstić information content (AvgIpc) is 2.64. The van der Waals surface area contributed by atoms with E-state index < -0.39 is 23.2 Å². The molecule has 3 aromatic rings. The molecule has 1 heterocycles. The van der Waals surface area contributed by atoms with E-state index in [9.17, 15) is 18.4 Å². The summed E-state index contributed by atoms with van der Waals surface area (Å²) in [6.07, 6.45) is 0. The summed E-state index contributed by atoms with van der Waals surface area (Å²) in [5.74, 6) is 4.08. The van der Waals surface area contributed by atoms with Gasteiger partial charge in [0.1, 0.15) is 11.6 Å². The van der Waals surface area contributed by atoms with Crippen molar-refractivity contribution in [3.63, 3.8) is 0 Å². The van der Waals surface area contributed by atoms with Gasteiger partial charge in [0, 0.05) is 11.3 Å². The number of esters is 1. The second-order valence-corrected chi connectivity index (χ2v) is 6.26. The van der Waals surface area contributed by atoms with Crippen molar-refractivity contribution in [1.29, 1.82) is 0 Å². The maximum atomic E-state index is 13.7. The third kappa shape index (κ3) is 3.38. The largest absolute Gasteiger partial charge is 0.465 e. The fourth-order valence-electron chi connectivity index (χ4n) is 2.32. The van der Waals surface area contributed by atoms with Crippen molar-refractivity contribution in [2.24, 2.45) is 0 Å². The summed E-state index contributed by atoms with van der Waals surface area (Å²) >= 11 is 0.976.